The van der Waals surface area contributed by atoms with Crippen LogP contribution in [-0.2, 0) is 10.8 Å². The predicted octanol–water partition coefficient (Wildman–Crippen LogP) is 6.53. The molecule has 3 aromatic rings. The second-order valence-corrected chi connectivity index (χ2v) is 8.95. The quantitative estimate of drug-likeness (QED) is 0.439. The van der Waals surface area contributed by atoms with Crippen LogP contribution in [0.4, 0.5) is 0 Å². The molecular weight excluding hydrogens is 372 g/mol. The van der Waals surface area contributed by atoms with Crippen LogP contribution in [0.25, 0.3) is 5.57 Å². The third-order valence-electron chi connectivity index (χ3n) is 5.84. The van der Waals surface area contributed by atoms with Gasteiger partial charge in [-0.15, -0.1) is 0 Å². The molecule has 3 rings (SSSR count). The van der Waals surface area contributed by atoms with E-state index in [1.165, 1.54) is 0 Å². The highest BCUT2D eigenvalue weighted by atomic mass is 16.3. The van der Waals surface area contributed by atoms with Crippen molar-refractivity contribution in [2.45, 2.75) is 44.9 Å². The van der Waals surface area contributed by atoms with Crippen molar-refractivity contribution in [3.8, 4) is 17.2 Å². The van der Waals surface area contributed by atoms with Gasteiger partial charge in [0.15, 0.2) is 0 Å². The number of phenolic OH excluding ortho intramolecular Hbond substituents is 3. The van der Waals surface area contributed by atoms with Gasteiger partial charge in [0.25, 0.3) is 0 Å². The van der Waals surface area contributed by atoms with Crippen molar-refractivity contribution in [3.63, 3.8) is 0 Å². The van der Waals surface area contributed by atoms with E-state index in [-0.39, 0.29) is 28.1 Å². The summed E-state index contributed by atoms with van der Waals surface area (Å²) in [6, 6.07) is 22.1. The maximum atomic E-state index is 9.78. The Morgan fingerprint density at radius 2 is 1.07 bits per heavy atom. The Kier molecular flexibility index (Phi) is 5.93. The largest absolute Gasteiger partial charge is 0.508 e. The standard InChI is InChI=1S/C27H30O3/c1-19(20-5-11-23(28)12-6-20)17-27(4,22-9-15-25(30)16-10-22)18-26(2,3)21-7-13-24(29)14-8-21/h5-17,28-30H,18H2,1-4H3/b19-17+. The highest BCUT2D eigenvalue weighted by Crippen LogP contribution is 2.42. The fraction of sp³-hybridized carbons (Fsp3) is 0.259. The van der Waals surface area contributed by atoms with Crippen LogP contribution in [0, 0.1) is 0 Å². The third-order valence-corrected chi connectivity index (χ3v) is 5.84. The number of allylic oxidation sites excluding steroid dienone is 2. The average molecular weight is 403 g/mol. The van der Waals surface area contributed by atoms with Crippen molar-refractivity contribution >= 4 is 5.57 Å². The number of phenols is 3. The fourth-order valence-electron chi connectivity index (χ4n) is 4.30. The van der Waals surface area contributed by atoms with E-state index >= 15 is 0 Å². The van der Waals surface area contributed by atoms with Gasteiger partial charge in [0.2, 0.25) is 0 Å². The number of hydrogen-bond donors (Lipinski definition) is 3. The topological polar surface area (TPSA) is 60.7 Å². The lowest BCUT2D eigenvalue weighted by Crippen LogP contribution is -2.31. The lowest BCUT2D eigenvalue weighted by molar-refractivity contribution is 0.378. The molecule has 0 aliphatic rings. The fourth-order valence-corrected chi connectivity index (χ4v) is 4.30. The summed E-state index contributed by atoms with van der Waals surface area (Å²) in [7, 11) is 0. The summed E-state index contributed by atoms with van der Waals surface area (Å²) < 4.78 is 0. The molecular formula is C27H30O3. The molecule has 0 aliphatic heterocycles. The number of aromatic hydroxyl groups is 3. The predicted molar refractivity (Wildman–Crippen MR) is 123 cm³/mol. The first-order chi connectivity index (χ1) is 14.1. The van der Waals surface area contributed by atoms with E-state index in [0.29, 0.717) is 0 Å². The van der Waals surface area contributed by atoms with Crippen LogP contribution in [0.2, 0.25) is 0 Å². The minimum atomic E-state index is -0.308. The zero-order valence-corrected chi connectivity index (χ0v) is 18.1. The highest BCUT2D eigenvalue weighted by Gasteiger charge is 2.34. The van der Waals surface area contributed by atoms with Crippen LogP contribution in [0.3, 0.4) is 0 Å². The van der Waals surface area contributed by atoms with E-state index in [1.807, 2.05) is 36.4 Å². The van der Waals surface area contributed by atoms with Gasteiger partial charge in [-0.1, -0.05) is 63.2 Å². The van der Waals surface area contributed by atoms with Crippen LogP contribution in [0.5, 0.6) is 17.2 Å². The first-order valence-electron chi connectivity index (χ1n) is 10.2. The molecule has 1 unspecified atom stereocenters. The SMILES string of the molecule is C/C(=C\C(C)(CC(C)(C)c1ccc(O)cc1)c1ccc(O)cc1)c1ccc(O)cc1. The van der Waals surface area contributed by atoms with Crippen LogP contribution in [-0.4, -0.2) is 15.3 Å². The lowest BCUT2D eigenvalue weighted by Gasteiger charge is -2.37. The first kappa shape index (κ1) is 21.5. The Bertz CT molecular complexity index is 1010. The molecule has 0 heterocycles. The molecule has 3 nitrogen and oxygen atoms in total. The summed E-state index contributed by atoms with van der Waals surface area (Å²) in [5.74, 6) is 0.762. The molecule has 0 saturated carbocycles. The van der Waals surface area contributed by atoms with Crippen molar-refractivity contribution in [3.05, 3.63) is 95.6 Å². The van der Waals surface area contributed by atoms with Gasteiger partial charge in [-0.3, -0.25) is 0 Å². The number of rotatable bonds is 6. The zero-order valence-electron chi connectivity index (χ0n) is 18.1. The van der Waals surface area contributed by atoms with E-state index < -0.39 is 0 Å². The van der Waals surface area contributed by atoms with Crippen molar-refractivity contribution in [2.24, 2.45) is 0 Å². The second kappa shape index (κ2) is 8.27. The second-order valence-electron chi connectivity index (χ2n) is 8.95. The molecule has 3 heteroatoms. The van der Waals surface area contributed by atoms with Crippen molar-refractivity contribution in [1.29, 1.82) is 0 Å². The molecule has 0 bridgehead atoms. The molecule has 0 saturated heterocycles. The van der Waals surface area contributed by atoms with Crippen molar-refractivity contribution in [1.82, 2.24) is 0 Å². The lowest BCUT2D eigenvalue weighted by atomic mass is 9.67. The molecule has 0 radical (unpaired) electrons. The van der Waals surface area contributed by atoms with Crippen molar-refractivity contribution in [2.75, 3.05) is 0 Å². The van der Waals surface area contributed by atoms with Gasteiger partial charge in [-0.25, -0.2) is 0 Å². The summed E-state index contributed by atoms with van der Waals surface area (Å²) in [6.07, 6.45) is 3.10. The van der Waals surface area contributed by atoms with Crippen LogP contribution in [0.15, 0.2) is 78.9 Å². The molecule has 30 heavy (non-hydrogen) atoms. The van der Waals surface area contributed by atoms with E-state index in [2.05, 4.69) is 33.8 Å². The average Bonchev–Trinajstić information content (AvgIpc) is 2.68. The van der Waals surface area contributed by atoms with E-state index in [0.717, 1.165) is 28.7 Å². The van der Waals surface area contributed by atoms with E-state index in [9.17, 15) is 15.3 Å². The maximum absolute atomic E-state index is 9.78. The molecule has 3 aromatic carbocycles. The monoisotopic (exact) mass is 402 g/mol. The van der Waals surface area contributed by atoms with Crippen LogP contribution < -0.4 is 0 Å². The molecule has 3 N–H and O–H groups in total. The Morgan fingerprint density at radius 3 is 1.53 bits per heavy atom. The normalized spacial score (nSPS) is 14.3. The summed E-state index contributed by atoms with van der Waals surface area (Å²) in [4.78, 5) is 0. The Morgan fingerprint density at radius 1 is 0.667 bits per heavy atom. The van der Waals surface area contributed by atoms with Gasteiger partial charge in [-0.05, 0) is 77.4 Å². The molecule has 0 amide bonds. The third kappa shape index (κ3) is 4.85. The molecule has 0 spiro atoms. The molecule has 0 fully saturated rings. The van der Waals surface area contributed by atoms with Gasteiger partial charge >= 0.3 is 0 Å². The molecule has 1 atom stereocenters. The van der Waals surface area contributed by atoms with E-state index in [1.54, 1.807) is 36.4 Å². The number of benzene rings is 3. The first-order valence-corrected chi connectivity index (χ1v) is 10.2. The van der Waals surface area contributed by atoms with Gasteiger partial charge in [-0.2, -0.15) is 0 Å². The maximum Gasteiger partial charge on any atom is 0.115 e. The van der Waals surface area contributed by atoms with Gasteiger partial charge in [0.05, 0.1) is 0 Å². The molecule has 0 aliphatic carbocycles. The summed E-state index contributed by atoms with van der Waals surface area (Å²) in [5, 5.41) is 29.1. The van der Waals surface area contributed by atoms with Crippen LogP contribution >= 0.6 is 0 Å². The minimum Gasteiger partial charge on any atom is -0.508 e. The Labute approximate surface area is 179 Å². The smallest absolute Gasteiger partial charge is 0.115 e. The zero-order chi connectivity index (χ0) is 21.9. The van der Waals surface area contributed by atoms with Gasteiger partial charge < -0.3 is 15.3 Å². The van der Waals surface area contributed by atoms with Crippen molar-refractivity contribution < 1.29 is 15.3 Å². The van der Waals surface area contributed by atoms with Gasteiger partial charge in [0, 0.05) is 5.41 Å². The number of hydrogen-bond acceptors (Lipinski definition) is 3. The summed E-state index contributed by atoms with van der Waals surface area (Å²) >= 11 is 0. The molecule has 0 aromatic heterocycles. The molecule has 156 valence electrons. The highest BCUT2D eigenvalue weighted by molar-refractivity contribution is 5.66. The minimum absolute atomic E-state index is 0.161. The van der Waals surface area contributed by atoms with E-state index in [4.69, 9.17) is 0 Å². The summed E-state index contributed by atoms with van der Waals surface area (Å²) in [5.41, 5.74) is 3.97. The Hall–Kier alpha value is -3.20. The van der Waals surface area contributed by atoms with Crippen LogP contribution in [0.1, 0.15) is 50.8 Å². The Balaban J connectivity index is 2.05. The summed E-state index contributed by atoms with van der Waals surface area (Å²) in [6.45, 7) is 8.72. The van der Waals surface area contributed by atoms with Gasteiger partial charge in [0.1, 0.15) is 17.2 Å².